The molecule has 0 atom stereocenters. The first kappa shape index (κ1) is 14.2. The minimum atomic E-state index is 0.911. The lowest BCUT2D eigenvalue weighted by Crippen LogP contribution is -1.94. The van der Waals surface area contributed by atoms with E-state index in [0.717, 1.165) is 60.0 Å². The first-order valence-electron chi connectivity index (χ1n) is 9.25. The van der Waals surface area contributed by atoms with Gasteiger partial charge in [0.2, 0.25) is 0 Å². The molecule has 0 aliphatic carbocycles. The minimum Gasteiger partial charge on any atom is -0.256 e. The molecule has 7 rings (SSSR count). The molecule has 28 heavy (non-hydrogen) atoms. The Morgan fingerprint density at radius 1 is 0.464 bits per heavy atom. The minimum absolute atomic E-state index is 0.911. The Kier molecular flexibility index (Phi) is 2.46. The Balaban J connectivity index is 1.86. The van der Waals surface area contributed by atoms with Gasteiger partial charge in [-0.3, -0.25) is 9.97 Å². The molecule has 4 nitrogen and oxygen atoms in total. The molecule has 0 bridgehead atoms. The molecule has 3 aromatic carbocycles. The maximum Gasteiger partial charge on any atom is 0.100 e. The number of para-hydroxylation sites is 1. The molecule has 4 heterocycles. The second kappa shape index (κ2) is 4.87. The third kappa shape index (κ3) is 1.65. The lowest BCUT2D eigenvalue weighted by atomic mass is 9.98. The van der Waals surface area contributed by atoms with E-state index in [1.165, 1.54) is 5.39 Å². The van der Waals surface area contributed by atoms with E-state index in [1.807, 2.05) is 36.7 Å². The van der Waals surface area contributed by atoms with Crippen LogP contribution in [0.15, 0.2) is 73.1 Å². The topological polar surface area (TPSA) is 51.6 Å². The van der Waals surface area contributed by atoms with E-state index < -0.39 is 0 Å². The van der Waals surface area contributed by atoms with Gasteiger partial charge < -0.3 is 0 Å². The molecule has 0 fully saturated rings. The van der Waals surface area contributed by atoms with Crippen LogP contribution in [0.5, 0.6) is 0 Å². The van der Waals surface area contributed by atoms with Crippen LogP contribution in [0, 0.1) is 0 Å². The van der Waals surface area contributed by atoms with Crippen molar-refractivity contribution >= 4 is 65.4 Å². The van der Waals surface area contributed by atoms with E-state index in [0.29, 0.717) is 0 Å². The molecule has 0 N–H and O–H groups in total. The molecule has 0 radical (unpaired) electrons. The molecule has 4 heteroatoms. The molecule has 0 saturated heterocycles. The molecule has 0 spiro atoms. The fraction of sp³-hybridized carbons (Fsp3) is 0. The van der Waals surface area contributed by atoms with Crippen LogP contribution in [0.3, 0.4) is 0 Å². The van der Waals surface area contributed by atoms with Crippen LogP contribution in [0.4, 0.5) is 0 Å². The lowest BCUT2D eigenvalue weighted by Gasteiger charge is -2.13. The van der Waals surface area contributed by atoms with E-state index in [4.69, 9.17) is 9.97 Å². The Labute approximate surface area is 158 Å². The van der Waals surface area contributed by atoms with Crippen molar-refractivity contribution in [2.45, 2.75) is 0 Å². The zero-order valence-electron chi connectivity index (χ0n) is 14.7. The van der Waals surface area contributed by atoms with Gasteiger partial charge in [0.25, 0.3) is 0 Å². The van der Waals surface area contributed by atoms with Gasteiger partial charge in [0.15, 0.2) is 0 Å². The Morgan fingerprint density at radius 2 is 1.18 bits per heavy atom. The quantitative estimate of drug-likeness (QED) is 0.261. The number of nitrogens with zero attached hydrogens (tertiary/aromatic N) is 4. The Hall–Kier alpha value is -3.92. The zero-order valence-corrected chi connectivity index (χ0v) is 14.7. The second-order valence-electron chi connectivity index (χ2n) is 7.14. The highest BCUT2D eigenvalue weighted by Crippen LogP contribution is 2.38. The average Bonchev–Trinajstić information content (AvgIpc) is 2.75. The third-order valence-corrected chi connectivity index (χ3v) is 5.67. The van der Waals surface area contributed by atoms with Crippen LogP contribution in [0.1, 0.15) is 0 Å². The summed E-state index contributed by atoms with van der Waals surface area (Å²) in [6.07, 6.45) is 3.74. The number of pyridine rings is 4. The van der Waals surface area contributed by atoms with Gasteiger partial charge in [-0.15, -0.1) is 0 Å². The summed E-state index contributed by atoms with van der Waals surface area (Å²) >= 11 is 0. The summed E-state index contributed by atoms with van der Waals surface area (Å²) in [7, 11) is 0. The van der Waals surface area contributed by atoms with Crippen molar-refractivity contribution in [3.8, 4) is 0 Å². The van der Waals surface area contributed by atoms with Gasteiger partial charge in [-0.1, -0.05) is 24.3 Å². The van der Waals surface area contributed by atoms with Crippen LogP contribution >= 0.6 is 0 Å². The van der Waals surface area contributed by atoms with Crippen LogP contribution in [0.25, 0.3) is 65.4 Å². The first-order valence-corrected chi connectivity index (χ1v) is 9.25. The van der Waals surface area contributed by atoms with Gasteiger partial charge in [-0.25, -0.2) is 9.97 Å². The maximum atomic E-state index is 5.03. The molecule has 0 amide bonds. The van der Waals surface area contributed by atoms with E-state index in [9.17, 15) is 0 Å². The SMILES string of the molecule is c1ccc2c(c1)nc1c3nc4cccc5nccc(c3cc3nccc2c31)c54. The molecule has 0 aliphatic heterocycles. The van der Waals surface area contributed by atoms with Crippen molar-refractivity contribution in [2.24, 2.45) is 0 Å². The summed E-state index contributed by atoms with van der Waals surface area (Å²) in [5.74, 6) is 0. The number of rotatable bonds is 0. The summed E-state index contributed by atoms with van der Waals surface area (Å²) in [4.78, 5) is 19.2. The summed E-state index contributed by atoms with van der Waals surface area (Å²) in [5, 5.41) is 6.70. The van der Waals surface area contributed by atoms with Gasteiger partial charge in [0, 0.05) is 33.9 Å². The number of hydrogen-bond donors (Lipinski definition) is 0. The molecule has 0 unspecified atom stereocenters. The highest BCUT2D eigenvalue weighted by molar-refractivity contribution is 6.29. The van der Waals surface area contributed by atoms with Crippen LogP contribution < -0.4 is 0 Å². The smallest absolute Gasteiger partial charge is 0.100 e. The standard InChI is InChI=1S/C24H12N4/c1-2-5-17-13(4-1)14-8-11-26-20-12-16-15-9-10-25-18-6-3-7-19(21(15)18)28-23(16)24(27-17)22(14)20/h1-12H. The van der Waals surface area contributed by atoms with Gasteiger partial charge in [0.05, 0.1) is 27.6 Å². The summed E-state index contributed by atoms with van der Waals surface area (Å²) in [6.45, 7) is 0. The monoisotopic (exact) mass is 356 g/mol. The van der Waals surface area contributed by atoms with Crippen LogP contribution in [-0.4, -0.2) is 19.9 Å². The Morgan fingerprint density at radius 3 is 2.11 bits per heavy atom. The predicted octanol–water partition coefficient (Wildman–Crippen LogP) is 5.62. The van der Waals surface area contributed by atoms with Crippen molar-refractivity contribution in [2.75, 3.05) is 0 Å². The number of hydrogen-bond acceptors (Lipinski definition) is 4. The van der Waals surface area contributed by atoms with Crippen molar-refractivity contribution in [1.29, 1.82) is 0 Å². The highest BCUT2D eigenvalue weighted by Gasteiger charge is 2.16. The number of aromatic nitrogens is 4. The van der Waals surface area contributed by atoms with E-state index >= 15 is 0 Å². The van der Waals surface area contributed by atoms with E-state index in [-0.39, 0.29) is 0 Å². The van der Waals surface area contributed by atoms with Gasteiger partial charge in [-0.2, -0.15) is 0 Å². The largest absolute Gasteiger partial charge is 0.256 e. The first-order chi connectivity index (χ1) is 13.9. The van der Waals surface area contributed by atoms with Gasteiger partial charge >= 0.3 is 0 Å². The third-order valence-electron chi connectivity index (χ3n) is 5.67. The van der Waals surface area contributed by atoms with E-state index in [2.05, 4.69) is 46.4 Å². The van der Waals surface area contributed by atoms with Crippen molar-refractivity contribution in [3.05, 3.63) is 73.1 Å². The van der Waals surface area contributed by atoms with E-state index in [1.54, 1.807) is 0 Å². The van der Waals surface area contributed by atoms with Crippen LogP contribution in [-0.2, 0) is 0 Å². The predicted molar refractivity (Wildman–Crippen MR) is 114 cm³/mol. The van der Waals surface area contributed by atoms with Crippen molar-refractivity contribution in [1.82, 2.24) is 19.9 Å². The maximum absolute atomic E-state index is 5.03. The number of benzene rings is 3. The van der Waals surface area contributed by atoms with Crippen molar-refractivity contribution in [3.63, 3.8) is 0 Å². The Bertz CT molecular complexity index is 1710. The fourth-order valence-electron chi connectivity index (χ4n) is 4.48. The van der Waals surface area contributed by atoms with Gasteiger partial charge in [0.1, 0.15) is 5.52 Å². The summed E-state index contributed by atoms with van der Waals surface area (Å²) in [5.41, 5.74) is 5.66. The van der Waals surface area contributed by atoms with Crippen LogP contribution in [0.2, 0.25) is 0 Å². The average molecular weight is 356 g/mol. The molecule has 0 aliphatic rings. The zero-order chi connectivity index (χ0) is 18.2. The van der Waals surface area contributed by atoms with Gasteiger partial charge in [-0.05, 0) is 47.2 Å². The van der Waals surface area contributed by atoms with Crippen molar-refractivity contribution < 1.29 is 0 Å². The molecular weight excluding hydrogens is 344 g/mol. The lowest BCUT2D eigenvalue weighted by molar-refractivity contribution is 1.40. The second-order valence-corrected chi connectivity index (χ2v) is 7.14. The fourth-order valence-corrected chi connectivity index (χ4v) is 4.48. The molecule has 4 aromatic heterocycles. The summed E-state index contributed by atoms with van der Waals surface area (Å²) in [6, 6.07) is 20.6. The molecule has 7 aromatic rings. The summed E-state index contributed by atoms with van der Waals surface area (Å²) < 4.78 is 0. The molecule has 0 saturated carbocycles. The number of fused-ring (bicyclic) bond motifs is 5. The highest BCUT2D eigenvalue weighted by atomic mass is 14.8. The molecular formula is C24H12N4. The normalized spacial score (nSPS) is 12.3. The molecule has 128 valence electrons.